The lowest BCUT2D eigenvalue weighted by Crippen LogP contribution is -2.51. The van der Waals surface area contributed by atoms with Crippen molar-refractivity contribution < 1.29 is 23.9 Å². The minimum atomic E-state index is -0.974. The van der Waals surface area contributed by atoms with Gasteiger partial charge in [0.2, 0.25) is 5.90 Å². The molecule has 1 aromatic rings. The number of carbonyl (C=O) groups excluding carboxylic acids is 2. The fraction of sp³-hybridized carbons (Fsp3) is 0.571. The first kappa shape index (κ1) is 20.5. The van der Waals surface area contributed by atoms with Gasteiger partial charge in [-0.05, 0) is 52.7 Å². The molecule has 0 N–H and O–H groups in total. The molecule has 1 saturated heterocycles. The molecule has 1 fully saturated rings. The highest BCUT2D eigenvalue weighted by Crippen LogP contribution is 2.29. The minimum absolute atomic E-state index is 0.0947. The van der Waals surface area contributed by atoms with Crippen LogP contribution in [0.4, 0.5) is 0 Å². The van der Waals surface area contributed by atoms with Crippen LogP contribution in [0.1, 0.15) is 57.3 Å². The van der Waals surface area contributed by atoms with Gasteiger partial charge in [-0.3, -0.25) is 4.84 Å². The van der Waals surface area contributed by atoms with Gasteiger partial charge in [-0.1, -0.05) is 24.6 Å². The highest BCUT2D eigenvalue weighted by atomic mass is 16.7. The van der Waals surface area contributed by atoms with Crippen molar-refractivity contribution in [1.82, 2.24) is 5.06 Å². The molecular formula is C21H28N2O5. The zero-order valence-corrected chi connectivity index (χ0v) is 16.9. The predicted octanol–water partition coefficient (Wildman–Crippen LogP) is 3.14. The Bertz CT molecular complexity index is 757. The number of ether oxygens (including phenoxy) is 2. The van der Waals surface area contributed by atoms with Crippen molar-refractivity contribution in [2.75, 3.05) is 13.2 Å². The molecule has 2 aliphatic rings. The first-order valence-electron chi connectivity index (χ1n) is 9.68. The molecule has 7 nitrogen and oxygen atoms in total. The zero-order chi connectivity index (χ0) is 20.4. The lowest BCUT2D eigenvalue weighted by Gasteiger charge is -2.42. The molecule has 1 unspecified atom stereocenters. The Labute approximate surface area is 165 Å². The summed E-state index contributed by atoms with van der Waals surface area (Å²) in [5.41, 5.74) is -0.693. The summed E-state index contributed by atoms with van der Waals surface area (Å²) in [4.78, 5) is 34.9. The third-order valence-corrected chi connectivity index (χ3v) is 5.07. The Morgan fingerprint density at radius 2 is 1.93 bits per heavy atom. The average Bonchev–Trinajstić information content (AvgIpc) is 2.93. The Kier molecular flexibility index (Phi) is 5.86. The summed E-state index contributed by atoms with van der Waals surface area (Å²) in [6.07, 6.45) is 2.35. The number of aliphatic imine (C=N–C) groups is 1. The maximum atomic E-state index is 12.3. The van der Waals surface area contributed by atoms with Crippen LogP contribution in [0.15, 0.2) is 35.3 Å². The summed E-state index contributed by atoms with van der Waals surface area (Å²) in [5.74, 6) is -0.753. The SMILES string of the molecule is CC1(C)N=C(C(COC(=O)c2ccccc2)ON2CCCCC2(C)C)OC1=O. The van der Waals surface area contributed by atoms with E-state index in [1.807, 2.05) is 11.1 Å². The molecule has 1 atom stereocenters. The van der Waals surface area contributed by atoms with Gasteiger partial charge >= 0.3 is 11.9 Å². The van der Waals surface area contributed by atoms with E-state index < -0.39 is 23.6 Å². The Hall–Kier alpha value is -2.25. The normalized spacial score (nSPS) is 22.3. The Balaban J connectivity index is 1.75. The van der Waals surface area contributed by atoms with E-state index in [0.29, 0.717) is 5.56 Å². The lowest BCUT2D eigenvalue weighted by atomic mass is 9.93. The van der Waals surface area contributed by atoms with Crippen molar-refractivity contribution >= 4 is 17.8 Å². The van der Waals surface area contributed by atoms with Crippen LogP contribution in [0.5, 0.6) is 0 Å². The highest BCUT2D eigenvalue weighted by Gasteiger charge is 2.42. The number of hydroxylamine groups is 2. The zero-order valence-electron chi connectivity index (χ0n) is 16.9. The standard InChI is InChI=1S/C21H28N2O5/c1-20(2)12-8-9-13-23(20)28-16(17-22-21(3,4)19(25)27-17)14-26-18(24)15-10-6-5-7-11-15/h5-7,10-11,16H,8-9,12-14H2,1-4H3. The number of piperidine rings is 1. The van der Waals surface area contributed by atoms with Gasteiger partial charge in [0.05, 0.1) is 5.56 Å². The molecule has 0 amide bonds. The van der Waals surface area contributed by atoms with Crippen LogP contribution in [0.25, 0.3) is 0 Å². The molecule has 0 radical (unpaired) electrons. The summed E-state index contributed by atoms with van der Waals surface area (Å²) >= 11 is 0. The van der Waals surface area contributed by atoms with E-state index in [2.05, 4.69) is 18.8 Å². The minimum Gasteiger partial charge on any atom is -0.459 e. The monoisotopic (exact) mass is 388 g/mol. The molecule has 0 saturated carbocycles. The molecule has 7 heteroatoms. The molecule has 0 aromatic heterocycles. The van der Waals surface area contributed by atoms with Crippen LogP contribution in [0, 0.1) is 0 Å². The topological polar surface area (TPSA) is 77.4 Å². The van der Waals surface area contributed by atoms with E-state index in [1.54, 1.807) is 38.1 Å². The van der Waals surface area contributed by atoms with Crippen LogP contribution in [0.2, 0.25) is 0 Å². The van der Waals surface area contributed by atoms with Crippen LogP contribution < -0.4 is 0 Å². The van der Waals surface area contributed by atoms with E-state index in [0.717, 1.165) is 25.8 Å². The molecule has 1 aromatic carbocycles. The summed E-state index contributed by atoms with van der Waals surface area (Å²) in [7, 11) is 0. The van der Waals surface area contributed by atoms with Crippen LogP contribution in [0.3, 0.4) is 0 Å². The summed E-state index contributed by atoms with van der Waals surface area (Å²) in [5, 5.41) is 1.89. The number of nitrogens with zero attached hydrogens (tertiary/aromatic N) is 2. The second kappa shape index (κ2) is 8.01. The number of rotatable bonds is 6. The largest absolute Gasteiger partial charge is 0.459 e. The fourth-order valence-electron chi connectivity index (χ4n) is 3.25. The van der Waals surface area contributed by atoms with Crippen molar-refractivity contribution in [3.05, 3.63) is 35.9 Å². The van der Waals surface area contributed by atoms with Gasteiger partial charge in [0, 0.05) is 12.1 Å². The second-order valence-electron chi connectivity index (χ2n) is 8.33. The maximum Gasteiger partial charge on any atom is 0.340 e. The Morgan fingerprint density at radius 1 is 1.21 bits per heavy atom. The number of carbonyl (C=O) groups is 2. The maximum absolute atomic E-state index is 12.3. The van der Waals surface area contributed by atoms with Crippen molar-refractivity contribution in [3.63, 3.8) is 0 Å². The van der Waals surface area contributed by atoms with Crippen molar-refractivity contribution in [3.8, 4) is 0 Å². The van der Waals surface area contributed by atoms with Gasteiger partial charge < -0.3 is 9.47 Å². The van der Waals surface area contributed by atoms with Gasteiger partial charge in [-0.15, -0.1) is 0 Å². The third kappa shape index (κ3) is 4.59. The van der Waals surface area contributed by atoms with Gasteiger partial charge in [-0.2, -0.15) is 5.06 Å². The van der Waals surface area contributed by atoms with Crippen LogP contribution in [-0.4, -0.2) is 53.2 Å². The first-order chi connectivity index (χ1) is 13.2. The third-order valence-electron chi connectivity index (χ3n) is 5.07. The van der Waals surface area contributed by atoms with Gasteiger partial charge in [0.15, 0.2) is 11.6 Å². The Morgan fingerprint density at radius 3 is 2.54 bits per heavy atom. The number of hydrogen-bond acceptors (Lipinski definition) is 7. The summed E-state index contributed by atoms with van der Waals surface area (Å²) < 4.78 is 10.8. The fourth-order valence-corrected chi connectivity index (χ4v) is 3.25. The highest BCUT2D eigenvalue weighted by molar-refractivity contribution is 6.01. The molecule has 0 bridgehead atoms. The molecule has 152 valence electrons. The van der Waals surface area contributed by atoms with Crippen molar-refractivity contribution in [2.24, 2.45) is 4.99 Å². The van der Waals surface area contributed by atoms with Crippen LogP contribution >= 0.6 is 0 Å². The van der Waals surface area contributed by atoms with E-state index >= 15 is 0 Å². The van der Waals surface area contributed by atoms with Gasteiger partial charge in [-0.25, -0.2) is 14.6 Å². The molecule has 28 heavy (non-hydrogen) atoms. The van der Waals surface area contributed by atoms with E-state index in [-0.39, 0.29) is 18.0 Å². The number of cyclic esters (lactones) is 1. The smallest absolute Gasteiger partial charge is 0.340 e. The number of benzene rings is 1. The second-order valence-corrected chi connectivity index (χ2v) is 8.33. The molecule has 0 spiro atoms. The quantitative estimate of drug-likeness (QED) is 0.697. The molecule has 3 rings (SSSR count). The van der Waals surface area contributed by atoms with Gasteiger partial charge in [0.1, 0.15) is 6.61 Å². The average molecular weight is 388 g/mol. The molecular weight excluding hydrogens is 360 g/mol. The molecule has 0 aliphatic carbocycles. The first-order valence-corrected chi connectivity index (χ1v) is 9.68. The molecule has 2 aliphatic heterocycles. The van der Waals surface area contributed by atoms with E-state index in [4.69, 9.17) is 14.3 Å². The number of esters is 2. The van der Waals surface area contributed by atoms with Crippen molar-refractivity contribution in [1.29, 1.82) is 0 Å². The van der Waals surface area contributed by atoms with E-state index in [1.165, 1.54) is 0 Å². The van der Waals surface area contributed by atoms with Gasteiger partial charge in [0.25, 0.3) is 0 Å². The summed E-state index contributed by atoms with van der Waals surface area (Å²) in [6, 6.07) is 8.73. The lowest BCUT2D eigenvalue weighted by molar-refractivity contribution is -0.248. The molecule has 2 heterocycles. The predicted molar refractivity (Wildman–Crippen MR) is 104 cm³/mol. The van der Waals surface area contributed by atoms with Crippen molar-refractivity contribution in [2.45, 2.75) is 64.1 Å². The van der Waals surface area contributed by atoms with E-state index in [9.17, 15) is 9.59 Å². The van der Waals surface area contributed by atoms with Crippen LogP contribution in [-0.2, 0) is 19.1 Å². The number of hydrogen-bond donors (Lipinski definition) is 0. The summed E-state index contributed by atoms with van der Waals surface area (Å²) in [6.45, 7) is 8.22.